The van der Waals surface area contributed by atoms with Gasteiger partial charge in [0, 0.05) is 12.5 Å². The van der Waals surface area contributed by atoms with Gasteiger partial charge in [0.1, 0.15) is 5.69 Å². The number of hydrogen-bond acceptors (Lipinski definition) is 3. The summed E-state index contributed by atoms with van der Waals surface area (Å²) in [5.74, 6) is -1.10. The molecule has 0 aliphatic heterocycles. The Balaban J connectivity index is 2.04. The number of carbonyl (C=O) groups is 2. The van der Waals surface area contributed by atoms with Crippen LogP contribution >= 0.6 is 0 Å². The van der Waals surface area contributed by atoms with Gasteiger partial charge in [0.15, 0.2) is 0 Å². The lowest BCUT2D eigenvalue weighted by molar-refractivity contribution is 0.0694. The van der Waals surface area contributed by atoms with Crippen LogP contribution in [0.25, 0.3) is 0 Å². The van der Waals surface area contributed by atoms with E-state index < -0.39 is 5.97 Å². The Labute approximate surface area is 135 Å². The van der Waals surface area contributed by atoms with Crippen LogP contribution in [-0.2, 0) is 0 Å². The molecule has 5 heteroatoms. The molecule has 1 heterocycles. The molecule has 0 aliphatic rings. The second kappa shape index (κ2) is 7.54. The predicted octanol–water partition coefficient (Wildman–Crippen LogP) is 3.01. The van der Waals surface area contributed by atoms with Crippen molar-refractivity contribution in [3.63, 3.8) is 0 Å². The number of benzene rings is 1. The number of hydrogen-bond donors (Lipinski definition) is 2. The Kier molecular flexibility index (Phi) is 5.46. The van der Waals surface area contributed by atoms with E-state index in [4.69, 9.17) is 5.11 Å². The topological polar surface area (TPSA) is 79.3 Å². The number of aryl methyl sites for hydroxylation is 1. The normalized spacial score (nSPS) is 11.7. The Morgan fingerprint density at radius 3 is 2.43 bits per heavy atom. The van der Waals surface area contributed by atoms with Gasteiger partial charge >= 0.3 is 5.97 Å². The number of carbonyl (C=O) groups excluding carboxylic acids is 1. The quantitative estimate of drug-likeness (QED) is 0.859. The molecule has 0 saturated carbocycles. The summed E-state index contributed by atoms with van der Waals surface area (Å²) in [5.41, 5.74) is 1.86. The second-order valence-electron chi connectivity index (χ2n) is 5.36. The summed E-state index contributed by atoms with van der Waals surface area (Å²) < 4.78 is 0. The maximum atomic E-state index is 12.2. The summed E-state index contributed by atoms with van der Waals surface area (Å²) in [6.45, 7) is 4.17. The summed E-state index contributed by atoms with van der Waals surface area (Å²) >= 11 is 0. The Morgan fingerprint density at radius 2 is 1.87 bits per heavy atom. The fourth-order valence-electron chi connectivity index (χ4n) is 2.44. The number of pyridine rings is 1. The molecule has 1 amide bonds. The van der Waals surface area contributed by atoms with Crippen molar-refractivity contribution in [2.45, 2.75) is 26.2 Å². The molecule has 0 bridgehead atoms. The van der Waals surface area contributed by atoms with Crippen molar-refractivity contribution in [3.8, 4) is 0 Å². The van der Waals surface area contributed by atoms with E-state index in [-0.39, 0.29) is 23.1 Å². The van der Waals surface area contributed by atoms with Crippen LogP contribution in [0, 0.1) is 6.92 Å². The van der Waals surface area contributed by atoms with Crippen LogP contribution < -0.4 is 5.32 Å². The molecule has 0 aliphatic carbocycles. The maximum absolute atomic E-state index is 12.2. The van der Waals surface area contributed by atoms with Gasteiger partial charge in [-0.2, -0.15) is 0 Å². The van der Waals surface area contributed by atoms with Crippen molar-refractivity contribution in [1.82, 2.24) is 10.3 Å². The number of nitrogens with one attached hydrogen (secondary N) is 1. The molecule has 120 valence electrons. The van der Waals surface area contributed by atoms with Gasteiger partial charge in [0.25, 0.3) is 5.91 Å². The molecule has 2 rings (SSSR count). The van der Waals surface area contributed by atoms with Crippen LogP contribution in [0.15, 0.2) is 42.5 Å². The van der Waals surface area contributed by atoms with E-state index in [1.54, 1.807) is 6.92 Å². The first-order valence-corrected chi connectivity index (χ1v) is 7.57. The van der Waals surface area contributed by atoms with Gasteiger partial charge in [-0.1, -0.05) is 37.3 Å². The van der Waals surface area contributed by atoms with E-state index in [1.807, 2.05) is 30.3 Å². The second-order valence-corrected chi connectivity index (χ2v) is 5.36. The summed E-state index contributed by atoms with van der Waals surface area (Å²) in [7, 11) is 0. The van der Waals surface area contributed by atoms with Gasteiger partial charge in [0.05, 0.1) is 11.3 Å². The monoisotopic (exact) mass is 312 g/mol. The molecule has 5 nitrogen and oxygen atoms in total. The zero-order valence-electron chi connectivity index (χ0n) is 13.2. The highest BCUT2D eigenvalue weighted by Crippen LogP contribution is 2.18. The first-order chi connectivity index (χ1) is 11.0. The molecule has 2 N–H and O–H groups in total. The molecule has 2 aromatic rings. The lowest BCUT2D eigenvalue weighted by Gasteiger charge is -2.16. The van der Waals surface area contributed by atoms with Gasteiger partial charge in [0.2, 0.25) is 0 Å². The van der Waals surface area contributed by atoms with Crippen LogP contribution in [0.2, 0.25) is 0 Å². The molecular formula is C18H20N2O3. The summed E-state index contributed by atoms with van der Waals surface area (Å²) in [6.07, 6.45) is 0.911. The van der Waals surface area contributed by atoms with E-state index in [2.05, 4.69) is 17.2 Å². The molecule has 1 atom stereocenters. The fraction of sp³-hybridized carbons (Fsp3) is 0.278. The van der Waals surface area contributed by atoms with Crippen molar-refractivity contribution in [2.24, 2.45) is 0 Å². The highest BCUT2D eigenvalue weighted by atomic mass is 16.4. The van der Waals surface area contributed by atoms with Crippen LogP contribution in [-0.4, -0.2) is 28.5 Å². The first-order valence-electron chi connectivity index (χ1n) is 7.57. The van der Waals surface area contributed by atoms with Gasteiger partial charge in [-0.15, -0.1) is 0 Å². The van der Waals surface area contributed by atoms with Crippen LogP contribution in [0.3, 0.4) is 0 Å². The number of carboxylic acid groups (broad SMARTS) is 1. The van der Waals surface area contributed by atoms with E-state index in [9.17, 15) is 9.59 Å². The standard InChI is InChI=1S/C18H20N2O3/c1-3-13(14-7-5-4-6-8-14)11-19-17(21)16-10-9-15(18(22)23)12(2)20-16/h4-10,13H,3,11H2,1-2H3,(H,19,21)(H,22,23). The van der Waals surface area contributed by atoms with Crippen molar-refractivity contribution < 1.29 is 14.7 Å². The molecule has 0 fully saturated rings. The van der Waals surface area contributed by atoms with Crippen LogP contribution in [0.4, 0.5) is 0 Å². The minimum Gasteiger partial charge on any atom is -0.478 e. The smallest absolute Gasteiger partial charge is 0.337 e. The molecule has 1 aromatic carbocycles. The molecule has 23 heavy (non-hydrogen) atoms. The third-order valence-corrected chi connectivity index (χ3v) is 3.82. The van der Waals surface area contributed by atoms with Crippen LogP contribution in [0.5, 0.6) is 0 Å². The number of aromatic nitrogens is 1. The molecule has 1 unspecified atom stereocenters. The zero-order valence-corrected chi connectivity index (χ0v) is 13.2. The Hall–Kier alpha value is -2.69. The third kappa shape index (κ3) is 4.16. The van der Waals surface area contributed by atoms with Crippen molar-refractivity contribution in [3.05, 3.63) is 65.0 Å². The number of aromatic carboxylic acids is 1. The molecular weight excluding hydrogens is 292 g/mol. The van der Waals surface area contributed by atoms with E-state index in [0.29, 0.717) is 12.2 Å². The summed E-state index contributed by atoms with van der Waals surface area (Å²) in [5, 5.41) is 11.9. The predicted molar refractivity (Wildman–Crippen MR) is 87.7 cm³/mol. The van der Waals surface area contributed by atoms with Gasteiger partial charge in [-0.3, -0.25) is 4.79 Å². The number of rotatable bonds is 6. The Bertz CT molecular complexity index is 699. The maximum Gasteiger partial charge on any atom is 0.337 e. The van der Waals surface area contributed by atoms with E-state index in [1.165, 1.54) is 17.7 Å². The fourth-order valence-corrected chi connectivity index (χ4v) is 2.44. The highest BCUT2D eigenvalue weighted by Gasteiger charge is 2.15. The number of amides is 1. The molecule has 1 aromatic heterocycles. The highest BCUT2D eigenvalue weighted by molar-refractivity contribution is 5.94. The SMILES string of the molecule is CCC(CNC(=O)c1ccc(C(=O)O)c(C)n1)c1ccccc1. The lowest BCUT2D eigenvalue weighted by atomic mass is 9.96. The summed E-state index contributed by atoms with van der Waals surface area (Å²) in [6, 6.07) is 12.9. The summed E-state index contributed by atoms with van der Waals surface area (Å²) in [4.78, 5) is 27.3. The zero-order chi connectivity index (χ0) is 16.8. The van der Waals surface area contributed by atoms with Crippen molar-refractivity contribution >= 4 is 11.9 Å². The average molecular weight is 312 g/mol. The lowest BCUT2D eigenvalue weighted by Crippen LogP contribution is -2.29. The minimum atomic E-state index is -1.04. The van der Waals surface area contributed by atoms with E-state index in [0.717, 1.165) is 6.42 Å². The largest absolute Gasteiger partial charge is 0.478 e. The van der Waals surface area contributed by atoms with E-state index >= 15 is 0 Å². The average Bonchev–Trinajstić information content (AvgIpc) is 2.55. The molecule has 0 saturated heterocycles. The van der Waals surface area contributed by atoms with Gasteiger partial charge < -0.3 is 10.4 Å². The number of nitrogens with zero attached hydrogens (tertiary/aromatic N) is 1. The minimum absolute atomic E-state index is 0.109. The van der Waals surface area contributed by atoms with Gasteiger partial charge in [-0.05, 0) is 31.0 Å². The first kappa shape index (κ1) is 16.7. The number of carboxylic acids is 1. The van der Waals surface area contributed by atoms with Crippen molar-refractivity contribution in [1.29, 1.82) is 0 Å². The van der Waals surface area contributed by atoms with Gasteiger partial charge in [-0.25, -0.2) is 9.78 Å². The molecule has 0 spiro atoms. The Morgan fingerprint density at radius 1 is 1.17 bits per heavy atom. The third-order valence-electron chi connectivity index (χ3n) is 3.82. The van der Waals surface area contributed by atoms with Crippen LogP contribution in [0.1, 0.15) is 51.4 Å². The molecule has 0 radical (unpaired) electrons. The van der Waals surface area contributed by atoms with Crippen molar-refractivity contribution in [2.75, 3.05) is 6.54 Å².